The summed E-state index contributed by atoms with van der Waals surface area (Å²) in [6.07, 6.45) is 0. The van der Waals surface area contributed by atoms with Gasteiger partial charge in [-0.3, -0.25) is 0 Å². The molecule has 0 bridgehead atoms. The molecular weight excluding hydrogens is 989 g/mol. The molecular formula is C57H135CrSi9. The third-order valence-electron chi connectivity index (χ3n) is 23.0. The molecule has 0 aliphatic rings. The Bertz CT molecular complexity index is 800. The van der Waals surface area contributed by atoms with Gasteiger partial charge in [0, 0.05) is 0 Å². The molecule has 67 heavy (non-hydrogen) atoms. The van der Waals surface area contributed by atoms with E-state index in [1.54, 1.807) is 0 Å². The normalized spacial score (nSPS) is 13.7. The zero-order chi connectivity index (χ0) is 52.3. The van der Waals surface area contributed by atoms with Gasteiger partial charge in [-0.25, -0.2) is 0 Å². The second kappa shape index (κ2) is 36.5. The summed E-state index contributed by atoms with van der Waals surface area (Å²) in [6, 6.07) is 40.8. The molecule has 0 rings (SSSR count). The summed E-state index contributed by atoms with van der Waals surface area (Å²) >= 11 is 0. The van der Waals surface area contributed by atoms with Crippen molar-refractivity contribution in [3.05, 3.63) is 14.4 Å². The molecule has 0 aromatic heterocycles. The molecule has 0 spiro atoms. The first-order valence-electron chi connectivity index (χ1n) is 30.9. The van der Waals surface area contributed by atoms with Crippen LogP contribution >= 0.6 is 0 Å². The molecule has 0 atom stereocenters. The molecule has 0 N–H and O–H groups in total. The van der Waals surface area contributed by atoms with Crippen LogP contribution in [0.4, 0.5) is 0 Å². The molecule has 0 nitrogen and oxygen atoms in total. The molecule has 405 valence electrons. The summed E-state index contributed by atoms with van der Waals surface area (Å²) in [5.74, 6) is 0. The van der Waals surface area contributed by atoms with Crippen LogP contribution in [-0.4, -0.2) is 72.7 Å². The number of hydrogen-bond acceptors (Lipinski definition) is 0. The summed E-state index contributed by atoms with van der Waals surface area (Å²) in [5, 5.41) is 0. The molecule has 0 saturated heterocycles. The molecule has 0 amide bonds. The van der Waals surface area contributed by atoms with Crippen molar-refractivity contribution in [3.63, 3.8) is 0 Å². The topological polar surface area (TPSA) is 0 Å². The monoisotopic (exact) mass is 1120 g/mol. The van der Waals surface area contributed by atoms with Crippen LogP contribution in [0.25, 0.3) is 0 Å². The summed E-state index contributed by atoms with van der Waals surface area (Å²) in [5.41, 5.74) is 0. The van der Waals surface area contributed by atoms with Crippen LogP contribution < -0.4 is 0 Å². The van der Waals surface area contributed by atoms with Gasteiger partial charge in [-0.1, -0.05) is 423 Å². The molecule has 0 aliphatic carbocycles. The third kappa shape index (κ3) is 16.0. The van der Waals surface area contributed by atoms with E-state index in [9.17, 15) is 0 Å². The zero-order valence-electron chi connectivity index (χ0n) is 52.5. The summed E-state index contributed by atoms with van der Waals surface area (Å²) in [4.78, 5) is 7.12. The molecule has 0 aromatic carbocycles. The van der Waals surface area contributed by atoms with Crippen molar-refractivity contribution in [2.24, 2.45) is 0 Å². The maximum atomic E-state index is 2.54. The van der Waals surface area contributed by atoms with Gasteiger partial charge < -0.3 is 14.4 Å². The SMILES string of the molecule is CC[Si](CC)(CC)[C-]([Si](CC)(CC)CC)[Si](CC)(CC)CC.CC[Si](CC)(CC)[C-]([Si](CC)(CC)CC)[Si](CC)(CC)CC.CC[Si](CC)(CC)[C-]([Si](CC)(CC)CC)[Si](CC)(CC)CC.[Cr+3]. The van der Waals surface area contributed by atoms with E-state index >= 15 is 0 Å². The summed E-state index contributed by atoms with van der Waals surface area (Å²) in [6.45, 7) is 68.6. The quantitative estimate of drug-likeness (QED) is 0.0433. The van der Waals surface area contributed by atoms with Crippen molar-refractivity contribution in [1.29, 1.82) is 0 Å². The maximum Gasteiger partial charge on any atom is 3.00 e. The van der Waals surface area contributed by atoms with Gasteiger partial charge in [-0.05, 0) is 0 Å². The molecule has 0 fully saturated rings. The Morgan fingerprint density at radius 2 is 0.179 bits per heavy atom. The Hall–Kier alpha value is 2.48. The minimum atomic E-state index is -1.20. The van der Waals surface area contributed by atoms with Crippen LogP contribution in [-0.2, 0) is 17.4 Å². The van der Waals surface area contributed by atoms with Crippen molar-refractivity contribution >= 4 is 72.7 Å². The Kier molecular flexibility index (Phi) is 41.4. The van der Waals surface area contributed by atoms with Crippen molar-refractivity contribution in [2.75, 3.05) is 0 Å². The minimum absolute atomic E-state index is 0. The van der Waals surface area contributed by atoms with E-state index in [1.807, 2.05) is 0 Å². The Morgan fingerprint density at radius 1 is 0.134 bits per heavy atom. The molecule has 1 radical (unpaired) electrons. The molecule has 0 heterocycles. The Balaban J connectivity index is -0.000000441. The van der Waals surface area contributed by atoms with Gasteiger partial charge >= 0.3 is 17.4 Å². The van der Waals surface area contributed by atoms with Crippen LogP contribution in [0, 0.1) is 14.4 Å². The average molecular weight is 1130 g/mol. The largest absolute Gasteiger partial charge is 3.00 e. The fourth-order valence-corrected chi connectivity index (χ4v) is 109. The van der Waals surface area contributed by atoms with Gasteiger partial charge in [-0.2, -0.15) is 0 Å². The first kappa shape index (κ1) is 76.0. The van der Waals surface area contributed by atoms with Crippen LogP contribution in [0.1, 0.15) is 187 Å². The van der Waals surface area contributed by atoms with E-state index in [1.165, 1.54) is 163 Å². The zero-order valence-corrected chi connectivity index (χ0v) is 62.8. The predicted octanol–water partition coefficient (Wildman–Crippen LogP) is 23.1. The predicted molar refractivity (Wildman–Crippen MR) is 345 cm³/mol. The summed E-state index contributed by atoms with van der Waals surface area (Å²) < 4.78 is 0. The second-order valence-corrected chi connectivity index (χ2v) is 73.3. The molecule has 10 heteroatoms. The molecule has 0 saturated carbocycles. The van der Waals surface area contributed by atoms with Gasteiger partial charge in [0.15, 0.2) is 0 Å². The fourth-order valence-electron chi connectivity index (χ4n) is 16.6. The van der Waals surface area contributed by atoms with E-state index in [0.29, 0.717) is 0 Å². The molecule has 0 unspecified atom stereocenters. The third-order valence-corrected chi connectivity index (χ3v) is 97.8. The van der Waals surface area contributed by atoms with Gasteiger partial charge in [0.1, 0.15) is 0 Å². The first-order chi connectivity index (χ1) is 31.2. The van der Waals surface area contributed by atoms with E-state index in [-0.39, 0.29) is 17.4 Å². The minimum Gasteiger partial charge on any atom is -0.309 e. The Labute approximate surface area is 450 Å². The van der Waals surface area contributed by atoms with E-state index in [0.717, 1.165) is 0 Å². The van der Waals surface area contributed by atoms with E-state index in [2.05, 4.69) is 201 Å². The smallest absolute Gasteiger partial charge is 0.309 e. The summed E-state index contributed by atoms with van der Waals surface area (Å²) in [7, 11) is -10.8. The fraction of sp³-hybridized carbons (Fsp3) is 0.947. The van der Waals surface area contributed by atoms with Crippen LogP contribution in [0.2, 0.25) is 163 Å². The van der Waals surface area contributed by atoms with Crippen molar-refractivity contribution in [1.82, 2.24) is 0 Å². The average Bonchev–Trinajstić information content (AvgIpc) is 3.39. The van der Waals surface area contributed by atoms with E-state index in [4.69, 9.17) is 0 Å². The van der Waals surface area contributed by atoms with Gasteiger partial charge in [0.25, 0.3) is 0 Å². The first-order valence-corrected chi connectivity index (χ1v) is 54.5. The van der Waals surface area contributed by atoms with Gasteiger partial charge in [0.05, 0.1) is 0 Å². The van der Waals surface area contributed by atoms with Crippen LogP contribution in [0.3, 0.4) is 0 Å². The standard InChI is InChI=1S/3C19H45Si3.Cr/c3*1-10-20(11-2,12-3)19(21(13-4,14-5)15-6)22(16-7,17-8)18-9;/h3*10-18H2,1-9H3;/q3*-1;+3. The number of hydrogen-bond donors (Lipinski definition) is 0. The molecule has 0 aromatic rings. The maximum absolute atomic E-state index is 2.54. The second-order valence-electron chi connectivity index (χ2n) is 22.2. The van der Waals surface area contributed by atoms with Crippen molar-refractivity contribution < 1.29 is 17.4 Å². The van der Waals surface area contributed by atoms with Crippen molar-refractivity contribution in [2.45, 2.75) is 350 Å². The molecule has 0 aliphatic heterocycles. The Morgan fingerprint density at radius 3 is 0.209 bits per heavy atom. The van der Waals surface area contributed by atoms with Crippen LogP contribution in [0.15, 0.2) is 0 Å². The van der Waals surface area contributed by atoms with E-state index < -0.39 is 72.7 Å². The van der Waals surface area contributed by atoms with Crippen LogP contribution in [0.5, 0.6) is 0 Å². The van der Waals surface area contributed by atoms with Gasteiger partial charge in [-0.15, -0.1) is 0 Å². The number of rotatable bonds is 36. The van der Waals surface area contributed by atoms with Gasteiger partial charge in [0.2, 0.25) is 0 Å². The van der Waals surface area contributed by atoms with Crippen molar-refractivity contribution in [3.8, 4) is 0 Å².